The zero-order valence-corrected chi connectivity index (χ0v) is 12.1. The van der Waals surface area contributed by atoms with Crippen molar-refractivity contribution in [3.05, 3.63) is 35.9 Å². The van der Waals surface area contributed by atoms with E-state index in [9.17, 15) is 0 Å². The first-order valence-corrected chi connectivity index (χ1v) is 7.42. The van der Waals surface area contributed by atoms with Gasteiger partial charge in [0.15, 0.2) is 0 Å². The number of hydrogen-bond acceptors (Lipinski definition) is 2. The molecule has 0 amide bonds. The van der Waals surface area contributed by atoms with Crippen LogP contribution >= 0.6 is 36.6 Å². The largest absolute Gasteiger partial charge is 0.125 e. The molecular weight excluding hydrogens is 252 g/mol. The standard InChI is InChI=1S/C13H18S3/c1-2-3-5-10-12(16-13(14)15)11-8-6-4-7-9-11/h4,6-9,12H,2-3,5,10H2,1H3,(H,14,15). The molecule has 3 heteroatoms. The molecule has 0 bridgehead atoms. The summed E-state index contributed by atoms with van der Waals surface area (Å²) in [5, 5.41) is 0.470. The van der Waals surface area contributed by atoms with Gasteiger partial charge in [-0.3, -0.25) is 0 Å². The van der Waals surface area contributed by atoms with Crippen LogP contribution in [-0.2, 0) is 0 Å². The Morgan fingerprint density at radius 3 is 2.56 bits per heavy atom. The highest BCUT2D eigenvalue weighted by atomic mass is 32.2. The van der Waals surface area contributed by atoms with Crippen molar-refractivity contribution in [2.75, 3.05) is 0 Å². The van der Waals surface area contributed by atoms with Crippen molar-refractivity contribution >= 4 is 40.1 Å². The zero-order valence-electron chi connectivity index (χ0n) is 9.56. The van der Waals surface area contributed by atoms with Crippen LogP contribution in [0.15, 0.2) is 30.3 Å². The summed E-state index contributed by atoms with van der Waals surface area (Å²) >= 11 is 11.0. The van der Waals surface area contributed by atoms with Gasteiger partial charge >= 0.3 is 0 Å². The van der Waals surface area contributed by atoms with E-state index < -0.39 is 0 Å². The summed E-state index contributed by atoms with van der Waals surface area (Å²) in [6.07, 6.45) is 5.00. The minimum Gasteiger partial charge on any atom is -0.125 e. The molecule has 0 heterocycles. The minimum absolute atomic E-state index is 0.470. The normalized spacial score (nSPS) is 12.4. The lowest BCUT2D eigenvalue weighted by atomic mass is 10.1. The van der Waals surface area contributed by atoms with E-state index in [0.717, 1.165) is 3.53 Å². The van der Waals surface area contributed by atoms with Crippen molar-refractivity contribution < 1.29 is 0 Å². The average Bonchev–Trinajstić information content (AvgIpc) is 2.29. The van der Waals surface area contributed by atoms with E-state index in [1.54, 1.807) is 11.8 Å². The van der Waals surface area contributed by atoms with Crippen molar-refractivity contribution in [1.82, 2.24) is 0 Å². The molecule has 1 atom stereocenters. The molecule has 0 fully saturated rings. The van der Waals surface area contributed by atoms with Crippen molar-refractivity contribution in [2.45, 2.75) is 37.9 Å². The van der Waals surface area contributed by atoms with E-state index in [1.165, 1.54) is 31.2 Å². The van der Waals surface area contributed by atoms with E-state index in [2.05, 4.69) is 49.9 Å². The number of thiocarbonyl (C=S) groups is 1. The molecule has 0 saturated carbocycles. The van der Waals surface area contributed by atoms with Gasteiger partial charge in [0.1, 0.15) is 3.53 Å². The summed E-state index contributed by atoms with van der Waals surface area (Å²) in [5.74, 6) is 0. The molecule has 0 aliphatic rings. The van der Waals surface area contributed by atoms with Gasteiger partial charge in [0.05, 0.1) is 0 Å². The highest BCUT2D eigenvalue weighted by Crippen LogP contribution is 2.35. The van der Waals surface area contributed by atoms with Gasteiger partial charge < -0.3 is 0 Å². The molecule has 1 aromatic rings. The number of rotatable bonds is 6. The second kappa shape index (κ2) is 8.15. The van der Waals surface area contributed by atoms with Gasteiger partial charge in [0.2, 0.25) is 0 Å². The molecule has 0 aliphatic carbocycles. The predicted octanol–water partition coefficient (Wildman–Crippen LogP) is 5.26. The van der Waals surface area contributed by atoms with E-state index in [1.807, 2.05) is 0 Å². The van der Waals surface area contributed by atoms with Gasteiger partial charge in [-0.1, -0.05) is 80.5 Å². The van der Waals surface area contributed by atoms with E-state index in [-0.39, 0.29) is 0 Å². The predicted molar refractivity (Wildman–Crippen MR) is 82.5 cm³/mol. The average molecular weight is 270 g/mol. The first kappa shape index (κ1) is 14.1. The third-order valence-electron chi connectivity index (χ3n) is 2.48. The van der Waals surface area contributed by atoms with Crippen LogP contribution in [0.2, 0.25) is 0 Å². The first-order valence-electron chi connectivity index (χ1n) is 5.68. The van der Waals surface area contributed by atoms with E-state index in [0.29, 0.717) is 5.25 Å². The van der Waals surface area contributed by atoms with E-state index >= 15 is 0 Å². The number of thioether (sulfide) groups is 1. The Morgan fingerprint density at radius 1 is 1.31 bits per heavy atom. The first-order chi connectivity index (χ1) is 7.74. The second-order valence-corrected chi connectivity index (χ2v) is 6.71. The summed E-state index contributed by atoms with van der Waals surface area (Å²) in [7, 11) is 0. The summed E-state index contributed by atoms with van der Waals surface area (Å²) in [6, 6.07) is 10.6. The summed E-state index contributed by atoms with van der Waals surface area (Å²) < 4.78 is 0.741. The van der Waals surface area contributed by atoms with Gasteiger partial charge in [-0.05, 0) is 12.0 Å². The molecule has 16 heavy (non-hydrogen) atoms. The third kappa shape index (κ3) is 5.37. The lowest BCUT2D eigenvalue weighted by Crippen LogP contribution is -1.96. The molecule has 0 aromatic heterocycles. The maximum Gasteiger partial charge on any atom is 0.101 e. The fraction of sp³-hybridized carbons (Fsp3) is 0.462. The smallest absolute Gasteiger partial charge is 0.101 e. The highest BCUT2D eigenvalue weighted by molar-refractivity contribution is 8.41. The van der Waals surface area contributed by atoms with Crippen LogP contribution in [-0.4, -0.2) is 3.53 Å². The molecule has 0 nitrogen and oxygen atoms in total. The van der Waals surface area contributed by atoms with E-state index in [4.69, 9.17) is 12.2 Å². The van der Waals surface area contributed by atoms with Crippen LogP contribution in [0.3, 0.4) is 0 Å². The lowest BCUT2D eigenvalue weighted by molar-refractivity contribution is 0.660. The molecule has 88 valence electrons. The molecule has 0 N–H and O–H groups in total. The quantitative estimate of drug-likeness (QED) is 0.425. The highest BCUT2D eigenvalue weighted by Gasteiger charge is 2.12. The lowest BCUT2D eigenvalue weighted by Gasteiger charge is -2.15. The maximum atomic E-state index is 5.08. The third-order valence-corrected chi connectivity index (χ3v) is 4.08. The summed E-state index contributed by atoms with van der Waals surface area (Å²) in [6.45, 7) is 2.23. The molecule has 0 aliphatic heterocycles. The van der Waals surface area contributed by atoms with Crippen molar-refractivity contribution in [2.24, 2.45) is 0 Å². The van der Waals surface area contributed by atoms with Crippen LogP contribution in [0.1, 0.15) is 43.4 Å². The Bertz CT molecular complexity index is 308. The number of benzene rings is 1. The molecule has 0 saturated heterocycles. The number of hydrogen-bond donors (Lipinski definition) is 1. The number of unbranched alkanes of at least 4 members (excludes halogenated alkanes) is 2. The van der Waals surface area contributed by atoms with Gasteiger partial charge in [0, 0.05) is 5.25 Å². The molecule has 0 spiro atoms. The van der Waals surface area contributed by atoms with Crippen molar-refractivity contribution in [3.8, 4) is 0 Å². The monoisotopic (exact) mass is 270 g/mol. The molecule has 1 unspecified atom stereocenters. The number of thiol groups is 1. The topological polar surface area (TPSA) is 0 Å². The fourth-order valence-electron chi connectivity index (χ4n) is 1.66. The minimum atomic E-state index is 0.470. The Balaban J connectivity index is 2.60. The Morgan fingerprint density at radius 2 is 2.00 bits per heavy atom. The van der Waals surface area contributed by atoms with Gasteiger partial charge in [-0.2, -0.15) is 0 Å². The van der Waals surface area contributed by atoms with Crippen LogP contribution in [0, 0.1) is 0 Å². The van der Waals surface area contributed by atoms with Crippen LogP contribution in [0.25, 0.3) is 0 Å². The molecule has 1 aromatic carbocycles. The maximum absolute atomic E-state index is 5.08. The Hall–Kier alpha value is 0.01000. The Labute approximate surface area is 114 Å². The van der Waals surface area contributed by atoms with Crippen molar-refractivity contribution in [1.29, 1.82) is 0 Å². The Kier molecular flexibility index (Phi) is 7.17. The summed E-state index contributed by atoms with van der Waals surface area (Å²) in [4.78, 5) is 0. The van der Waals surface area contributed by atoms with Crippen LogP contribution < -0.4 is 0 Å². The van der Waals surface area contributed by atoms with Crippen LogP contribution in [0.4, 0.5) is 0 Å². The fourth-order valence-corrected chi connectivity index (χ4v) is 3.21. The zero-order chi connectivity index (χ0) is 11.8. The molecular formula is C13H18S3. The second-order valence-electron chi connectivity index (χ2n) is 3.78. The van der Waals surface area contributed by atoms with Gasteiger partial charge in [-0.15, -0.1) is 12.6 Å². The van der Waals surface area contributed by atoms with Gasteiger partial charge in [0.25, 0.3) is 0 Å². The van der Waals surface area contributed by atoms with Crippen molar-refractivity contribution in [3.63, 3.8) is 0 Å². The van der Waals surface area contributed by atoms with Crippen LogP contribution in [0.5, 0.6) is 0 Å². The SMILES string of the molecule is CCCCCC(SC(=S)S)c1ccccc1. The summed E-state index contributed by atoms with van der Waals surface area (Å²) in [5.41, 5.74) is 1.36. The van der Waals surface area contributed by atoms with Gasteiger partial charge in [-0.25, -0.2) is 0 Å². The molecule has 1 rings (SSSR count). The molecule has 0 radical (unpaired) electrons.